The normalized spacial score (nSPS) is 18.0. The van der Waals surface area contributed by atoms with Gasteiger partial charge in [0.2, 0.25) is 6.41 Å². The van der Waals surface area contributed by atoms with Crippen LogP contribution >= 0.6 is 15.9 Å². The van der Waals surface area contributed by atoms with Gasteiger partial charge >= 0.3 is 0 Å². The van der Waals surface area contributed by atoms with Crippen LogP contribution in [0.25, 0.3) is 11.4 Å². The zero-order chi connectivity index (χ0) is 16.4. The average Bonchev–Trinajstić information content (AvgIpc) is 3.15. The van der Waals surface area contributed by atoms with E-state index in [0.717, 1.165) is 0 Å². The summed E-state index contributed by atoms with van der Waals surface area (Å²) < 4.78 is 38.6. The lowest BCUT2D eigenvalue weighted by Crippen LogP contribution is -2.26. The van der Waals surface area contributed by atoms with E-state index in [9.17, 15) is 8.78 Å². The molecule has 124 valence electrons. The van der Waals surface area contributed by atoms with Gasteiger partial charge in [0.25, 0.3) is 6.43 Å². The highest BCUT2D eigenvalue weighted by Crippen LogP contribution is 2.29. The van der Waals surface area contributed by atoms with E-state index < -0.39 is 12.8 Å². The van der Waals surface area contributed by atoms with Crippen molar-refractivity contribution in [3.8, 4) is 11.4 Å². The van der Waals surface area contributed by atoms with Crippen molar-refractivity contribution in [2.45, 2.75) is 19.4 Å². The van der Waals surface area contributed by atoms with Crippen molar-refractivity contribution in [1.82, 2.24) is 25.3 Å². The predicted molar refractivity (Wildman–Crippen MR) is 79.4 cm³/mol. The molecule has 0 radical (unpaired) electrons. The molecule has 0 saturated carbocycles. The van der Waals surface area contributed by atoms with E-state index in [0.29, 0.717) is 30.2 Å². The predicted octanol–water partition coefficient (Wildman–Crippen LogP) is 2.00. The maximum absolute atomic E-state index is 13.0. The van der Waals surface area contributed by atoms with E-state index in [1.54, 1.807) is 13.1 Å². The second-order valence-corrected chi connectivity index (χ2v) is 5.69. The first-order chi connectivity index (χ1) is 11.1. The average molecular weight is 390 g/mol. The first-order valence-corrected chi connectivity index (χ1v) is 7.65. The van der Waals surface area contributed by atoms with E-state index >= 15 is 0 Å². The van der Waals surface area contributed by atoms with E-state index in [4.69, 9.17) is 9.47 Å². The van der Waals surface area contributed by atoms with Crippen molar-refractivity contribution in [3.63, 3.8) is 0 Å². The Kier molecular flexibility index (Phi) is 4.95. The van der Waals surface area contributed by atoms with Crippen LogP contribution in [0, 0.1) is 0 Å². The van der Waals surface area contributed by atoms with Crippen LogP contribution in [0.1, 0.15) is 17.8 Å². The SMILES string of the molecule is Cn1nnc(-c2ccc(Br)c(C(F)F)n2)c1COC1NCCO1. The molecule has 7 nitrogen and oxygen atoms in total. The fourth-order valence-electron chi connectivity index (χ4n) is 2.14. The van der Waals surface area contributed by atoms with E-state index in [-0.39, 0.29) is 16.8 Å². The van der Waals surface area contributed by atoms with Crippen LogP contribution < -0.4 is 5.32 Å². The molecule has 2 aromatic heterocycles. The molecule has 0 amide bonds. The number of ether oxygens (including phenoxy) is 2. The van der Waals surface area contributed by atoms with Gasteiger partial charge in [-0.15, -0.1) is 5.10 Å². The molecule has 23 heavy (non-hydrogen) atoms. The lowest BCUT2D eigenvalue weighted by atomic mass is 10.2. The van der Waals surface area contributed by atoms with Gasteiger partial charge in [0, 0.05) is 18.1 Å². The van der Waals surface area contributed by atoms with Gasteiger partial charge in [-0.25, -0.2) is 18.4 Å². The molecule has 0 bridgehead atoms. The van der Waals surface area contributed by atoms with Crippen molar-refractivity contribution in [2.75, 3.05) is 13.2 Å². The number of aromatic nitrogens is 4. The molecular formula is C13H14BrF2N5O2. The fraction of sp³-hybridized carbons (Fsp3) is 0.462. The molecule has 1 N–H and O–H groups in total. The Hall–Kier alpha value is -1.49. The highest BCUT2D eigenvalue weighted by atomic mass is 79.9. The van der Waals surface area contributed by atoms with Crippen LogP contribution in [-0.4, -0.2) is 39.5 Å². The van der Waals surface area contributed by atoms with Crippen molar-refractivity contribution >= 4 is 15.9 Å². The molecule has 1 saturated heterocycles. The maximum atomic E-state index is 13.0. The molecule has 3 heterocycles. The number of nitrogens with one attached hydrogen (secondary N) is 1. The van der Waals surface area contributed by atoms with Crippen molar-refractivity contribution in [3.05, 3.63) is 28.0 Å². The Balaban J connectivity index is 1.86. The van der Waals surface area contributed by atoms with E-state index in [1.165, 1.54) is 10.7 Å². The monoisotopic (exact) mass is 389 g/mol. The number of rotatable bonds is 5. The fourth-order valence-corrected chi connectivity index (χ4v) is 2.54. The third-order valence-corrected chi connectivity index (χ3v) is 3.99. The number of pyridine rings is 1. The maximum Gasteiger partial charge on any atom is 0.281 e. The van der Waals surface area contributed by atoms with Gasteiger partial charge in [-0.1, -0.05) is 5.21 Å². The van der Waals surface area contributed by atoms with Crippen molar-refractivity contribution in [2.24, 2.45) is 7.05 Å². The molecule has 1 atom stereocenters. The number of hydrogen-bond donors (Lipinski definition) is 1. The third kappa shape index (κ3) is 3.55. The molecule has 3 rings (SSSR count). The van der Waals surface area contributed by atoms with Crippen molar-refractivity contribution in [1.29, 1.82) is 0 Å². The minimum atomic E-state index is -2.68. The highest BCUT2D eigenvalue weighted by molar-refractivity contribution is 9.10. The molecular weight excluding hydrogens is 376 g/mol. The molecule has 2 aromatic rings. The number of hydrogen-bond acceptors (Lipinski definition) is 6. The second kappa shape index (κ2) is 6.95. The molecule has 1 aliphatic rings. The number of aryl methyl sites for hydroxylation is 1. The number of alkyl halides is 2. The number of halogens is 3. The molecule has 1 aliphatic heterocycles. The Bertz CT molecular complexity index is 691. The standard InChI is InChI=1S/C13H14BrF2N5O2/c1-21-9(6-23-13-17-4-5-22-13)11(19-20-21)8-3-2-7(14)10(18-8)12(15)16/h2-3,12-13,17H,4-6H2,1H3. The molecule has 0 spiro atoms. The molecule has 1 fully saturated rings. The summed E-state index contributed by atoms with van der Waals surface area (Å²) in [6.07, 6.45) is -3.18. The first kappa shape index (κ1) is 16.4. The second-order valence-electron chi connectivity index (χ2n) is 4.84. The minimum absolute atomic E-state index is 0.165. The van der Waals surface area contributed by atoms with Gasteiger partial charge in [-0.05, 0) is 28.1 Å². The molecule has 1 unspecified atom stereocenters. The topological polar surface area (TPSA) is 74.1 Å². The lowest BCUT2D eigenvalue weighted by molar-refractivity contribution is -0.131. The summed E-state index contributed by atoms with van der Waals surface area (Å²) in [6, 6.07) is 3.12. The zero-order valence-corrected chi connectivity index (χ0v) is 13.8. The van der Waals surface area contributed by atoms with E-state index in [2.05, 4.69) is 36.5 Å². The highest BCUT2D eigenvalue weighted by Gasteiger charge is 2.21. The Morgan fingerprint density at radius 2 is 2.35 bits per heavy atom. The number of nitrogens with zero attached hydrogens (tertiary/aromatic N) is 4. The van der Waals surface area contributed by atoms with Gasteiger partial charge in [0.05, 0.1) is 24.6 Å². The Morgan fingerprint density at radius 1 is 1.52 bits per heavy atom. The van der Waals surface area contributed by atoms with Crippen molar-refractivity contribution < 1.29 is 18.3 Å². The quantitative estimate of drug-likeness (QED) is 0.842. The largest absolute Gasteiger partial charge is 0.338 e. The van der Waals surface area contributed by atoms with Crippen LogP contribution in [0.3, 0.4) is 0 Å². The molecule has 0 aliphatic carbocycles. The smallest absolute Gasteiger partial charge is 0.281 e. The minimum Gasteiger partial charge on any atom is -0.338 e. The van der Waals surface area contributed by atoms with Crippen LogP contribution in [0.4, 0.5) is 8.78 Å². The van der Waals surface area contributed by atoms with Crippen LogP contribution in [0.15, 0.2) is 16.6 Å². The van der Waals surface area contributed by atoms with Gasteiger partial charge in [-0.3, -0.25) is 5.32 Å². The van der Waals surface area contributed by atoms with Gasteiger partial charge in [0.1, 0.15) is 11.4 Å². The Labute approximate surface area is 139 Å². The summed E-state index contributed by atoms with van der Waals surface area (Å²) in [4.78, 5) is 3.98. The Morgan fingerprint density at radius 3 is 3.04 bits per heavy atom. The van der Waals surface area contributed by atoms with E-state index in [1.807, 2.05) is 0 Å². The summed E-state index contributed by atoms with van der Waals surface area (Å²) in [7, 11) is 1.70. The summed E-state index contributed by atoms with van der Waals surface area (Å²) in [6.45, 7) is 1.46. The van der Waals surface area contributed by atoms with Gasteiger partial charge < -0.3 is 9.47 Å². The van der Waals surface area contributed by atoms with Gasteiger partial charge in [0.15, 0.2) is 0 Å². The lowest BCUT2D eigenvalue weighted by Gasteiger charge is -2.12. The third-order valence-electron chi connectivity index (χ3n) is 3.32. The van der Waals surface area contributed by atoms with Crippen LogP contribution in [0.2, 0.25) is 0 Å². The first-order valence-electron chi connectivity index (χ1n) is 6.86. The zero-order valence-electron chi connectivity index (χ0n) is 12.2. The van der Waals surface area contributed by atoms with Gasteiger partial charge in [-0.2, -0.15) is 0 Å². The van der Waals surface area contributed by atoms with Crippen LogP contribution in [0.5, 0.6) is 0 Å². The summed E-state index contributed by atoms with van der Waals surface area (Å²) in [5.41, 5.74) is 1.01. The summed E-state index contributed by atoms with van der Waals surface area (Å²) >= 11 is 3.07. The summed E-state index contributed by atoms with van der Waals surface area (Å²) in [5.74, 6) is 0. The van der Waals surface area contributed by atoms with Crippen LogP contribution in [-0.2, 0) is 23.1 Å². The summed E-state index contributed by atoms with van der Waals surface area (Å²) in [5, 5.41) is 10.9. The molecule has 0 aromatic carbocycles. The molecule has 10 heteroatoms.